The fraction of sp³-hybridized carbons (Fsp3) is 0.875. The van der Waals surface area contributed by atoms with Gasteiger partial charge in [0.15, 0.2) is 0 Å². The first-order chi connectivity index (χ1) is 4.34. The van der Waals surface area contributed by atoms with Crippen molar-refractivity contribution in [1.29, 1.82) is 0 Å². The van der Waals surface area contributed by atoms with Crippen molar-refractivity contribution in [2.24, 2.45) is 11.8 Å². The molecule has 0 aliphatic heterocycles. The third-order valence-electron chi connectivity index (χ3n) is 2.17. The van der Waals surface area contributed by atoms with Crippen LogP contribution in [0.4, 0.5) is 0 Å². The molecule has 1 nitrogen and oxygen atoms in total. The highest BCUT2D eigenvalue weighted by Gasteiger charge is 2.31. The summed E-state index contributed by atoms with van der Waals surface area (Å²) < 4.78 is 0. The number of rotatable bonds is 4. The fourth-order valence-corrected chi connectivity index (χ4v) is 1.26. The van der Waals surface area contributed by atoms with E-state index in [-0.39, 0.29) is 0 Å². The van der Waals surface area contributed by atoms with E-state index in [0.29, 0.717) is 0 Å². The Hall–Kier alpha value is -0.330. The summed E-state index contributed by atoms with van der Waals surface area (Å²) in [4.78, 5) is 9.89. The van der Waals surface area contributed by atoms with Gasteiger partial charge >= 0.3 is 0 Å². The third-order valence-corrected chi connectivity index (χ3v) is 2.17. The minimum absolute atomic E-state index is 0.767. The number of carbonyl (C=O) groups is 1. The molecule has 0 aromatic rings. The van der Waals surface area contributed by atoms with E-state index in [1.54, 1.807) is 0 Å². The van der Waals surface area contributed by atoms with Crippen molar-refractivity contribution in [1.82, 2.24) is 0 Å². The van der Waals surface area contributed by atoms with E-state index in [0.717, 1.165) is 31.0 Å². The van der Waals surface area contributed by atoms with E-state index in [1.807, 2.05) is 0 Å². The van der Waals surface area contributed by atoms with Gasteiger partial charge < -0.3 is 4.79 Å². The Balaban J connectivity index is 1.88. The van der Waals surface area contributed by atoms with E-state index in [9.17, 15) is 4.79 Å². The molecule has 0 amide bonds. The highest BCUT2D eigenvalue weighted by molar-refractivity contribution is 5.48. The fourth-order valence-electron chi connectivity index (χ4n) is 1.26. The number of unbranched alkanes of at least 4 members (excludes halogenated alkanes) is 1. The highest BCUT2D eigenvalue weighted by Crippen LogP contribution is 2.41. The van der Waals surface area contributed by atoms with E-state index in [4.69, 9.17) is 0 Å². The summed E-state index contributed by atoms with van der Waals surface area (Å²) >= 11 is 0. The molecule has 1 fully saturated rings. The van der Waals surface area contributed by atoms with Gasteiger partial charge in [-0.15, -0.1) is 0 Å². The van der Waals surface area contributed by atoms with E-state index in [2.05, 4.69) is 6.92 Å². The highest BCUT2D eigenvalue weighted by atomic mass is 16.1. The van der Waals surface area contributed by atoms with Crippen LogP contribution in [0.5, 0.6) is 0 Å². The Bertz CT molecular complexity index is 98.7. The van der Waals surface area contributed by atoms with Crippen molar-refractivity contribution in [3.8, 4) is 0 Å². The molecule has 0 N–H and O–H groups in total. The average molecular weight is 126 g/mol. The lowest BCUT2D eigenvalue weighted by atomic mass is 10.1. The zero-order chi connectivity index (χ0) is 6.69. The van der Waals surface area contributed by atoms with Crippen molar-refractivity contribution in [3.05, 3.63) is 0 Å². The van der Waals surface area contributed by atoms with Gasteiger partial charge in [0.1, 0.15) is 6.29 Å². The molecule has 1 aliphatic rings. The maximum atomic E-state index is 9.89. The van der Waals surface area contributed by atoms with E-state index >= 15 is 0 Å². The molecule has 0 spiro atoms. The zero-order valence-electron chi connectivity index (χ0n) is 5.97. The average Bonchev–Trinajstić information content (AvgIpc) is 2.48. The van der Waals surface area contributed by atoms with Crippen LogP contribution in [0.3, 0.4) is 0 Å². The standard InChI is InChI=1S/C8H14O/c1-7-6-8(7)4-2-3-5-9/h5,7-8H,2-4,6H2,1H3. The maximum absolute atomic E-state index is 9.89. The molecule has 0 aromatic carbocycles. The Labute approximate surface area is 56.4 Å². The number of hydrogen-bond donors (Lipinski definition) is 0. The molecule has 0 bridgehead atoms. The van der Waals surface area contributed by atoms with Crippen molar-refractivity contribution < 1.29 is 4.79 Å². The topological polar surface area (TPSA) is 17.1 Å². The smallest absolute Gasteiger partial charge is 0.119 e. The zero-order valence-corrected chi connectivity index (χ0v) is 5.97. The van der Waals surface area contributed by atoms with Gasteiger partial charge in [0, 0.05) is 6.42 Å². The minimum atomic E-state index is 0.767. The maximum Gasteiger partial charge on any atom is 0.119 e. The Morgan fingerprint density at radius 3 is 2.78 bits per heavy atom. The molecule has 0 saturated heterocycles. The monoisotopic (exact) mass is 126 g/mol. The van der Waals surface area contributed by atoms with Gasteiger partial charge in [0.2, 0.25) is 0 Å². The van der Waals surface area contributed by atoms with Gasteiger partial charge in [-0.3, -0.25) is 0 Å². The van der Waals surface area contributed by atoms with Crippen LogP contribution in [0.1, 0.15) is 32.6 Å². The molecule has 1 aliphatic carbocycles. The second-order valence-electron chi connectivity index (χ2n) is 3.07. The summed E-state index contributed by atoms with van der Waals surface area (Å²) in [6.07, 6.45) is 5.58. The van der Waals surface area contributed by atoms with Gasteiger partial charge in [-0.2, -0.15) is 0 Å². The van der Waals surface area contributed by atoms with Gasteiger partial charge in [0.25, 0.3) is 0 Å². The van der Waals surface area contributed by atoms with Crippen LogP contribution >= 0.6 is 0 Å². The largest absolute Gasteiger partial charge is 0.303 e. The van der Waals surface area contributed by atoms with Crippen molar-refractivity contribution in [2.45, 2.75) is 32.6 Å². The normalized spacial score (nSPS) is 32.1. The predicted molar refractivity (Wildman–Crippen MR) is 37.2 cm³/mol. The molecule has 0 aromatic heterocycles. The molecular weight excluding hydrogens is 112 g/mol. The lowest BCUT2D eigenvalue weighted by molar-refractivity contribution is -0.107. The van der Waals surface area contributed by atoms with E-state index < -0.39 is 0 Å². The van der Waals surface area contributed by atoms with Crippen LogP contribution in [0, 0.1) is 11.8 Å². The minimum Gasteiger partial charge on any atom is -0.303 e. The Kier molecular flexibility index (Phi) is 2.26. The second kappa shape index (κ2) is 3.00. The predicted octanol–water partition coefficient (Wildman–Crippen LogP) is 2.01. The van der Waals surface area contributed by atoms with Crippen LogP contribution < -0.4 is 0 Å². The Morgan fingerprint density at radius 1 is 1.67 bits per heavy atom. The molecule has 9 heavy (non-hydrogen) atoms. The molecular formula is C8H14O. The first kappa shape index (κ1) is 6.79. The molecule has 2 atom stereocenters. The summed E-state index contributed by atoms with van der Waals surface area (Å²) in [5.74, 6) is 1.92. The van der Waals surface area contributed by atoms with Crippen LogP contribution in [0.15, 0.2) is 0 Å². The molecule has 2 unspecified atom stereocenters. The van der Waals surface area contributed by atoms with Gasteiger partial charge in [-0.05, 0) is 31.1 Å². The second-order valence-corrected chi connectivity index (χ2v) is 3.07. The molecule has 1 saturated carbocycles. The van der Waals surface area contributed by atoms with Gasteiger partial charge in [0.05, 0.1) is 0 Å². The molecule has 52 valence electrons. The molecule has 0 radical (unpaired) electrons. The summed E-state index contributed by atoms with van der Waals surface area (Å²) in [5, 5.41) is 0. The third kappa shape index (κ3) is 2.17. The van der Waals surface area contributed by atoms with Crippen LogP contribution in [-0.2, 0) is 4.79 Å². The number of hydrogen-bond acceptors (Lipinski definition) is 1. The van der Waals surface area contributed by atoms with Crippen LogP contribution in [0.25, 0.3) is 0 Å². The first-order valence-corrected chi connectivity index (χ1v) is 3.78. The quantitative estimate of drug-likeness (QED) is 0.416. The van der Waals surface area contributed by atoms with Crippen molar-refractivity contribution in [2.75, 3.05) is 0 Å². The summed E-state index contributed by atoms with van der Waals surface area (Å²) in [6, 6.07) is 0. The molecule has 0 heterocycles. The summed E-state index contributed by atoms with van der Waals surface area (Å²) in [7, 11) is 0. The van der Waals surface area contributed by atoms with Crippen molar-refractivity contribution in [3.63, 3.8) is 0 Å². The van der Waals surface area contributed by atoms with Crippen LogP contribution in [0.2, 0.25) is 0 Å². The summed E-state index contributed by atoms with van der Waals surface area (Å²) in [5.41, 5.74) is 0. The lowest BCUT2D eigenvalue weighted by Gasteiger charge is -1.90. The Morgan fingerprint density at radius 2 is 2.33 bits per heavy atom. The SMILES string of the molecule is CC1CC1CCCC=O. The summed E-state index contributed by atoms with van der Waals surface area (Å²) in [6.45, 7) is 2.28. The van der Waals surface area contributed by atoms with E-state index in [1.165, 1.54) is 12.8 Å². The molecule has 1 rings (SSSR count). The number of carbonyl (C=O) groups excluding carboxylic acids is 1. The number of aldehydes is 1. The molecule has 1 heteroatoms. The van der Waals surface area contributed by atoms with Gasteiger partial charge in [-0.1, -0.05) is 6.92 Å². The van der Waals surface area contributed by atoms with Crippen molar-refractivity contribution >= 4 is 6.29 Å². The lowest BCUT2D eigenvalue weighted by Crippen LogP contribution is -1.80. The first-order valence-electron chi connectivity index (χ1n) is 3.78. The van der Waals surface area contributed by atoms with Crippen LogP contribution in [-0.4, -0.2) is 6.29 Å². The van der Waals surface area contributed by atoms with Gasteiger partial charge in [-0.25, -0.2) is 0 Å².